The number of rotatable bonds is 4. The number of esters is 1. The number of guanidine groups is 1. The Hall–Kier alpha value is -4.15. The number of hydrogen-bond donors (Lipinski definition) is 2. The Kier molecular flexibility index (Phi) is 5.39. The number of aliphatic imine (C=N–C) groups is 1. The molecule has 0 bridgehead atoms. The summed E-state index contributed by atoms with van der Waals surface area (Å²) in [4.78, 5) is 17.4. The average molecular weight is 411 g/mol. The van der Waals surface area contributed by atoms with Crippen molar-refractivity contribution in [3.05, 3.63) is 94.7 Å². The first-order valence-electron chi connectivity index (χ1n) is 9.72. The van der Waals surface area contributed by atoms with Crippen molar-refractivity contribution in [2.75, 3.05) is 0 Å². The molecule has 1 atom stereocenters. The van der Waals surface area contributed by atoms with Crippen LogP contribution in [-0.2, 0) is 16.1 Å². The molecule has 0 aliphatic carbocycles. The van der Waals surface area contributed by atoms with E-state index in [-0.39, 0.29) is 12.6 Å². The van der Waals surface area contributed by atoms with Crippen molar-refractivity contribution in [1.82, 2.24) is 5.01 Å². The maximum absolute atomic E-state index is 13.2. The van der Waals surface area contributed by atoms with Gasteiger partial charge >= 0.3 is 5.97 Å². The summed E-state index contributed by atoms with van der Waals surface area (Å²) in [6, 6.07) is 22.0. The zero-order chi connectivity index (χ0) is 22.0. The second-order valence-corrected chi connectivity index (χ2v) is 7.23. The third kappa shape index (κ3) is 3.84. The lowest BCUT2D eigenvalue weighted by Crippen LogP contribution is -2.49. The van der Waals surface area contributed by atoms with E-state index in [1.54, 1.807) is 31.2 Å². The number of benzene rings is 3. The van der Waals surface area contributed by atoms with Crippen LogP contribution in [0.5, 0.6) is 0 Å². The number of allylic oxidation sites excluding steroid dienone is 1. The molecule has 1 heterocycles. The fraction of sp³-hybridized carbons (Fsp3) is 0.125. The summed E-state index contributed by atoms with van der Waals surface area (Å²) >= 11 is 0. The summed E-state index contributed by atoms with van der Waals surface area (Å²) in [6.45, 7) is 1.78. The van der Waals surface area contributed by atoms with Crippen LogP contribution in [0.2, 0.25) is 0 Å². The molecule has 1 aliphatic heterocycles. The van der Waals surface area contributed by atoms with Crippen molar-refractivity contribution in [2.24, 2.45) is 16.6 Å². The van der Waals surface area contributed by atoms with E-state index in [2.05, 4.69) is 11.1 Å². The maximum atomic E-state index is 13.2. The van der Waals surface area contributed by atoms with E-state index in [4.69, 9.17) is 21.6 Å². The predicted octanol–water partition coefficient (Wildman–Crippen LogP) is 3.27. The number of fused-ring (bicyclic) bond motifs is 1. The summed E-state index contributed by atoms with van der Waals surface area (Å²) in [5.74, 6) is 5.88. The number of nitriles is 1. The number of carbonyl (C=O) groups excluding carboxylic acids is 1. The van der Waals surface area contributed by atoms with Crippen molar-refractivity contribution in [3.8, 4) is 6.07 Å². The number of nitrogens with two attached hydrogens (primary N) is 2. The molecule has 3 aromatic rings. The summed E-state index contributed by atoms with van der Waals surface area (Å²) in [5.41, 5.74) is 8.98. The quantitative estimate of drug-likeness (QED) is 0.502. The van der Waals surface area contributed by atoms with Crippen molar-refractivity contribution < 1.29 is 9.53 Å². The van der Waals surface area contributed by atoms with Gasteiger partial charge in [-0.05, 0) is 41.0 Å². The van der Waals surface area contributed by atoms with Crippen LogP contribution in [0.1, 0.15) is 29.7 Å². The van der Waals surface area contributed by atoms with E-state index in [0.717, 1.165) is 21.9 Å². The molecule has 4 rings (SSSR count). The molecule has 31 heavy (non-hydrogen) atoms. The lowest BCUT2D eigenvalue weighted by Gasteiger charge is -2.34. The van der Waals surface area contributed by atoms with Crippen LogP contribution in [-0.4, -0.2) is 16.9 Å². The van der Waals surface area contributed by atoms with E-state index in [0.29, 0.717) is 16.8 Å². The Labute approximate surface area is 179 Å². The Morgan fingerprint density at radius 2 is 1.84 bits per heavy atom. The minimum absolute atomic E-state index is 0.0628. The van der Waals surface area contributed by atoms with Crippen molar-refractivity contribution >= 4 is 22.7 Å². The number of carbonyl (C=O) groups is 1. The molecule has 4 N–H and O–H groups in total. The van der Waals surface area contributed by atoms with Crippen molar-refractivity contribution in [2.45, 2.75) is 19.6 Å². The van der Waals surface area contributed by atoms with Gasteiger partial charge in [0.25, 0.3) is 0 Å². The largest absolute Gasteiger partial charge is 0.457 e. The van der Waals surface area contributed by atoms with E-state index in [1.807, 2.05) is 42.5 Å². The fourth-order valence-electron chi connectivity index (χ4n) is 3.71. The predicted molar refractivity (Wildman–Crippen MR) is 118 cm³/mol. The summed E-state index contributed by atoms with van der Waals surface area (Å²) in [5, 5.41) is 12.2. The number of hydrogen-bond acceptors (Lipinski definition) is 7. The third-order valence-corrected chi connectivity index (χ3v) is 5.28. The normalized spacial score (nSPS) is 16.1. The van der Waals surface area contributed by atoms with Gasteiger partial charge in [-0.3, -0.25) is 5.01 Å². The minimum Gasteiger partial charge on any atom is -0.457 e. The smallest absolute Gasteiger partial charge is 0.338 e. The molecule has 0 aromatic heterocycles. The van der Waals surface area contributed by atoms with Gasteiger partial charge < -0.3 is 10.5 Å². The van der Waals surface area contributed by atoms with Crippen LogP contribution in [0.25, 0.3) is 10.8 Å². The SMILES string of the molecule is CC1=C(C(=O)OCc2ccc(C#N)cc2)C(c2cccc3ccccc23)N(N)C(N)=N1. The van der Waals surface area contributed by atoms with Gasteiger partial charge in [-0.25, -0.2) is 15.6 Å². The number of hydrazine groups is 1. The molecule has 0 radical (unpaired) electrons. The highest BCUT2D eigenvalue weighted by Crippen LogP contribution is 2.36. The van der Waals surface area contributed by atoms with Gasteiger partial charge in [0.2, 0.25) is 5.96 Å². The second kappa shape index (κ2) is 8.30. The first kappa shape index (κ1) is 20.1. The Morgan fingerprint density at radius 3 is 2.58 bits per heavy atom. The molecule has 7 nitrogen and oxygen atoms in total. The van der Waals surface area contributed by atoms with Gasteiger partial charge in [-0.1, -0.05) is 54.6 Å². The summed E-state index contributed by atoms with van der Waals surface area (Å²) in [7, 11) is 0. The van der Waals surface area contributed by atoms with Gasteiger partial charge in [0, 0.05) is 0 Å². The lowest BCUT2D eigenvalue weighted by molar-refractivity contribution is -0.141. The van der Waals surface area contributed by atoms with Gasteiger partial charge in [-0.2, -0.15) is 5.26 Å². The average Bonchev–Trinajstić information content (AvgIpc) is 2.79. The third-order valence-electron chi connectivity index (χ3n) is 5.28. The van der Waals surface area contributed by atoms with Crippen LogP contribution in [0.3, 0.4) is 0 Å². The molecule has 1 unspecified atom stereocenters. The van der Waals surface area contributed by atoms with Gasteiger partial charge in [0.1, 0.15) is 12.6 Å². The number of nitrogens with zero attached hydrogens (tertiary/aromatic N) is 3. The van der Waals surface area contributed by atoms with Crippen LogP contribution < -0.4 is 11.6 Å². The van der Waals surface area contributed by atoms with Crippen molar-refractivity contribution in [1.29, 1.82) is 5.26 Å². The maximum Gasteiger partial charge on any atom is 0.338 e. The van der Waals surface area contributed by atoms with Gasteiger partial charge in [0.05, 0.1) is 22.9 Å². The molecule has 0 spiro atoms. The van der Waals surface area contributed by atoms with E-state index < -0.39 is 12.0 Å². The zero-order valence-electron chi connectivity index (χ0n) is 16.9. The topological polar surface area (TPSA) is 118 Å². The molecular weight excluding hydrogens is 390 g/mol. The second-order valence-electron chi connectivity index (χ2n) is 7.23. The molecule has 1 aliphatic rings. The lowest BCUT2D eigenvalue weighted by atomic mass is 9.91. The highest BCUT2D eigenvalue weighted by Gasteiger charge is 2.35. The molecular formula is C24H21N5O2. The Balaban J connectivity index is 1.69. The first-order chi connectivity index (χ1) is 15.0. The zero-order valence-corrected chi connectivity index (χ0v) is 16.9. The molecule has 154 valence electrons. The van der Waals surface area contributed by atoms with Crippen LogP contribution in [0.15, 0.2) is 83.0 Å². The van der Waals surface area contributed by atoms with Crippen LogP contribution >= 0.6 is 0 Å². The molecule has 0 amide bonds. The Bertz CT molecular complexity index is 1250. The highest BCUT2D eigenvalue weighted by atomic mass is 16.5. The minimum atomic E-state index is -0.642. The summed E-state index contributed by atoms with van der Waals surface area (Å²) < 4.78 is 5.59. The van der Waals surface area contributed by atoms with Crippen LogP contribution in [0.4, 0.5) is 0 Å². The van der Waals surface area contributed by atoms with Crippen molar-refractivity contribution in [3.63, 3.8) is 0 Å². The first-order valence-corrected chi connectivity index (χ1v) is 9.72. The van der Waals surface area contributed by atoms with Crippen LogP contribution in [0, 0.1) is 11.3 Å². The Morgan fingerprint density at radius 1 is 1.13 bits per heavy atom. The van der Waals surface area contributed by atoms with Gasteiger partial charge in [-0.15, -0.1) is 0 Å². The molecule has 0 saturated carbocycles. The summed E-state index contributed by atoms with van der Waals surface area (Å²) in [6.07, 6.45) is 0. The van der Waals surface area contributed by atoms with E-state index in [1.165, 1.54) is 5.01 Å². The van der Waals surface area contributed by atoms with E-state index in [9.17, 15) is 4.79 Å². The highest BCUT2D eigenvalue weighted by molar-refractivity contribution is 5.97. The monoisotopic (exact) mass is 411 g/mol. The molecule has 3 aromatic carbocycles. The molecule has 7 heteroatoms. The molecule has 0 saturated heterocycles. The van der Waals surface area contributed by atoms with Gasteiger partial charge in [0.15, 0.2) is 0 Å². The fourth-order valence-corrected chi connectivity index (χ4v) is 3.71. The molecule has 0 fully saturated rings. The standard InChI is InChI=1S/C24H21N5O2/c1-15-21(23(30)31-14-17-11-9-16(13-25)10-12-17)22(29(27)24(26)28-15)20-8-4-6-18-5-2-3-7-19(18)20/h2-12,22H,14,27H2,1H3,(H2,26,28). The number of ether oxygens (including phenoxy) is 1. The van der Waals surface area contributed by atoms with E-state index >= 15 is 0 Å².